The maximum atomic E-state index is 11.3. The van der Waals surface area contributed by atoms with Crippen molar-refractivity contribution in [1.82, 2.24) is 4.90 Å². The van der Waals surface area contributed by atoms with Crippen LogP contribution < -0.4 is 5.73 Å². The fourth-order valence-electron chi connectivity index (χ4n) is 2.58. The predicted molar refractivity (Wildman–Crippen MR) is 113 cm³/mol. The first kappa shape index (κ1) is 24.8. The lowest BCUT2D eigenvalue weighted by Crippen LogP contribution is -2.28. The fraction of sp³-hybridized carbons (Fsp3) is 0.429. The SMILES string of the molecule is C.C=C.CC1C[C](N(C)C)CC[C]1N=C1C=CC(=O)C(N)=C1.OC1C=CO1.[HH]. The maximum Gasteiger partial charge on any atom is 0.219 e. The summed E-state index contributed by atoms with van der Waals surface area (Å²) in [5.74, 6) is 0.308. The highest BCUT2D eigenvalue weighted by Gasteiger charge is 2.29. The van der Waals surface area contributed by atoms with Gasteiger partial charge in [-0.15, -0.1) is 13.2 Å². The predicted octanol–water partition coefficient (Wildman–Crippen LogP) is 3.39. The molecule has 0 spiro atoms. The van der Waals surface area contributed by atoms with Crippen LogP contribution in [0.25, 0.3) is 0 Å². The van der Waals surface area contributed by atoms with Gasteiger partial charge >= 0.3 is 0 Å². The van der Waals surface area contributed by atoms with Gasteiger partial charge in [-0.25, -0.2) is 0 Å². The van der Waals surface area contributed by atoms with Crippen molar-refractivity contribution in [2.75, 3.05) is 14.1 Å². The number of aliphatic hydroxyl groups excluding tert-OH is 1. The van der Waals surface area contributed by atoms with E-state index in [-0.39, 0.29) is 20.3 Å². The monoisotopic (exact) mass is 377 g/mol. The van der Waals surface area contributed by atoms with Crippen molar-refractivity contribution in [3.8, 4) is 0 Å². The topological polar surface area (TPSA) is 88.2 Å². The molecular weight excluding hydrogens is 342 g/mol. The van der Waals surface area contributed by atoms with E-state index in [1.807, 2.05) is 0 Å². The fourth-order valence-corrected chi connectivity index (χ4v) is 2.58. The number of ether oxygens (including phenoxy) is 1. The zero-order valence-electron chi connectivity index (χ0n) is 15.8. The molecule has 0 bridgehead atoms. The molecule has 2 unspecified atom stereocenters. The van der Waals surface area contributed by atoms with Crippen molar-refractivity contribution in [3.05, 3.63) is 61.5 Å². The normalized spacial score (nSPS) is 25.9. The number of carbonyl (C=O) groups excluding carboxylic acids is 1. The minimum absolute atomic E-state index is 0. The van der Waals surface area contributed by atoms with Crippen LogP contribution >= 0.6 is 0 Å². The highest BCUT2D eigenvalue weighted by molar-refractivity contribution is 6.18. The van der Waals surface area contributed by atoms with E-state index in [9.17, 15) is 4.79 Å². The molecule has 152 valence electrons. The second-order valence-corrected chi connectivity index (χ2v) is 6.25. The molecule has 0 aromatic heterocycles. The van der Waals surface area contributed by atoms with E-state index in [0.29, 0.717) is 5.92 Å². The van der Waals surface area contributed by atoms with Gasteiger partial charge in [0.15, 0.2) is 0 Å². The van der Waals surface area contributed by atoms with Gasteiger partial charge in [-0.05, 0) is 57.5 Å². The number of aliphatic imine (C=N–C) groups is 1. The summed E-state index contributed by atoms with van der Waals surface area (Å²) in [6.07, 6.45) is 10.4. The minimum Gasteiger partial charge on any atom is -0.469 e. The average molecular weight is 378 g/mol. The lowest BCUT2D eigenvalue weighted by molar-refractivity contribution is -0.111. The molecular formula is C21H35N3O3. The van der Waals surface area contributed by atoms with Crippen LogP contribution in [0, 0.1) is 18.0 Å². The zero-order valence-corrected chi connectivity index (χ0v) is 15.8. The number of aliphatic hydroxyl groups is 1. The van der Waals surface area contributed by atoms with E-state index in [2.05, 4.69) is 48.8 Å². The Labute approximate surface area is 165 Å². The molecule has 3 aliphatic rings. The largest absolute Gasteiger partial charge is 0.469 e. The standard InChI is InChI=1S/C15H21N3O.C3H4O2.C2H4.CH4.H2/c1-10-8-12(18(2)3)5-6-14(10)17-11-4-7-15(19)13(16)9-11;4-3-1-2-5-3;1-2;;/h4,7,9-10H,5-6,8,16H2,1-3H3;1-4H;1-2H2;1H4;1H. The first-order chi connectivity index (χ1) is 12.4. The number of nitrogens with zero attached hydrogens (tertiary/aromatic N) is 2. The van der Waals surface area contributed by atoms with E-state index in [1.54, 1.807) is 18.2 Å². The Bertz CT molecular complexity index is 600. The van der Waals surface area contributed by atoms with Crippen molar-refractivity contribution >= 4 is 11.5 Å². The summed E-state index contributed by atoms with van der Waals surface area (Å²) in [5, 5.41) is 8.14. The minimum atomic E-state index is -0.616. The van der Waals surface area contributed by atoms with Crippen molar-refractivity contribution in [2.45, 2.75) is 39.9 Å². The van der Waals surface area contributed by atoms with Crippen LogP contribution in [-0.2, 0) is 9.53 Å². The Morgan fingerprint density at radius 2 is 1.93 bits per heavy atom. The lowest BCUT2D eigenvalue weighted by Gasteiger charge is -2.34. The van der Waals surface area contributed by atoms with Crippen LogP contribution in [0.4, 0.5) is 0 Å². The Kier molecular flexibility index (Phi) is 11.3. The van der Waals surface area contributed by atoms with Crippen molar-refractivity contribution in [2.24, 2.45) is 16.6 Å². The second-order valence-electron chi connectivity index (χ2n) is 6.25. The summed E-state index contributed by atoms with van der Waals surface area (Å²) >= 11 is 0. The molecule has 1 heterocycles. The molecule has 3 N–H and O–H groups in total. The Morgan fingerprint density at radius 1 is 1.33 bits per heavy atom. The summed E-state index contributed by atoms with van der Waals surface area (Å²) in [6.45, 7) is 8.20. The smallest absolute Gasteiger partial charge is 0.219 e. The highest BCUT2D eigenvalue weighted by atomic mass is 16.6. The molecule has 2 aliphatic carbocycles. The third-order valence-corrected chi connectivity index (χ3v) is 4.14. The van der Waals surface area contributed by atoms with Crippen LogP contribution in [0.2, 0.25) is 0 Å². The summed E-state index contributed by atoms with van der Waals surface area (Å²) < 4.78 is 4.31. The van der Waals surface area contributed by atoms with Crippen LogP contribution in [0.15, 0.2) is 54.4 Å². The summed E-state index contributed by atoms with van der Waals surface area (Å²) in [6, 6.07) is 2.67. The van der Waals surface area contributed by atoms with Crippen LogP contribution in [-0.4, -0.2) is 41.9 Å². The molecule has 6 nitrogen and oxygen atoms in total. The van der Waals surface area contributed by atoms with Gasteiger partial charge in [0.2, 0.25) is 12.1 Å². The van der Waals surface area contributed by atoms with E-state index >= 15 is 0 Å². The first-order valence-corrected chi connectivity index (χ1v) is 8.53. The van der Waals surface area contributed by atoms with Gasteiger partial charge in [-0.2, -0.15) is 0 Å². The number of hydrogen-bond acceptors (Lipinski definition) is 6. The van der Waals surface area contributed by atoms with Gasteiger partial charge in [0.25, 0.3) is 0 Å². The van der Waals surface area contributed by atoms with Gasteiger partial charge in [0.1, 0.15) is 0 Å². The third kappa shape index (κ3) is 7.93. The Hall–Kier alpha value is -2.18. The molecule has 0 aromatic rings. The average Bonchev–Trinajstić information content (AvgIpc) is 2.60. The van der Waals surface area contributed by atoms with E-state index in [0.717, 1.165) is 25.0 Å². The molecule has 1 fully saturated rings. The number of allylic oxidation sites excluding steroid dienone is 3. The van der Waals surface area contributed by atoms with E-state index < -0.39 is 6.29 Å². The molecule has 6 heteroatoms. The molecule has 1 saturated carbocycles. The highest BCUT2D eigenvalue weighted by Crippen LogP contribution is 2.38. The molecule has 3 rings (SSSR count). The third-order valence-electron chi connectivity index (χ3n) is 4.14. The lowest BCUT2D eigenvalue weighted by atomic mass is 9.82. The summed E-state index contributed by atoms with van der Waals surface area (Å²) in [4.78, 5) is 18.1. The van der Waals surface area contributed by atoms with Gasteiger partial charge in [0, 0.05) is 13.5 Å². The molecule has 2 atom stereocenters. The molecule has 0 amide bonds. The van der Waals surface area contributed by atoms with Crippen LogP contribution in [0.5, 0.6) is 0 Å². The number of ketones is 1. The Morgan fingerprint density at radius 3 is 2.33 bits per heavy atom. The quantitative estimate of drug-likeness (QED) is 0.569. The van der Waals surface area contributed by atoms with Crippen molar-refractivity contribution in [3.63, 3.8) is 0 Å². The maximum absolute atomic E-state index is 11.3. The summed E-state index contributed by atoms with van der Waals surface area (Å²) in [5.41, 5.74) is 6.68. The zero-order chi connectivity index (χ0) is 19.7. The molecule has 0 saturated heterocycles. The van der Waals surface area contributed by atoms with Crippen molar-refractivity contribution in [1.29, 1.82) is 0 Å². The molecule has 1 aliphatic heterocycles. The second kappa shape index (κ2) is 12.3. The van der Waals surface area contributed by atoms with Gasteiger partial charge < -0.3 is 20.5 Å². The molecule has 0 aromatic carbocycles. The van der Waals surface area contributed by atoms with Gasteiger partial charge in [-0.3, -0.25) is 9.79 Å². The van der Waals surface area contributed by atoms with Crippen LogP contribution in [0.1, 0.15) is 35.0 Å². The van der Waals surface area contributed by atoms with E-state index in [1.165, 1.54) is 24.4 Å². The number of rotatable bonds is 2. The Balaban J connectivity index is 0. The number of hydrogen-bond donors (Lipinski definition) is 2. The van der Waals surface area contributed by atoms with E-state index in [4.69, 9.17) is 10.8 Å². The van der Waals surface area contributed by atoms with Gasteiger partial charge in [-0.1, -0.05) is 14.4 Å². The van der Waals surface area contributed by atoms with Crippen LogP contribution in [0.3, 0.4) is 0 Å². The molecule has 27 heavy (non-hydrogen) atoms. The number of nitrogens with two attached hydrogens (primary N) is 1. The molecule has 2 radical (unpaired) electrons. The summed E-state index contributed by atoms with van der Waals surface area (Å²) in [7, 11) is 4.19. The van der Waals surface area contributed by atoms with Crippen molar-refractivity contribution < 1.29 is 16.1 Å². The number of carbonyl (C=O) groups is 1. The first-order valence-electron chi connectivity index (χ1n) is 8.53. The van der Waals surface area contributed by atoms with Gasteiger partial charge in [0.05, 0.1) is 23.7 Å².